The van der Waals surface area contributed by atoms with Gasteiger partial charge in [-0.05, 0) is 41.4 Å². The predicted molar refractivity (Wildman–Crippen MR) is 148 cm³/mol. The molecule has 3 heterocycles. The minimum absolute atomic E-state index is 0. The van der Waals surface area contributed by atoms with Gasteiger partial charge in [-0.25, -0.2) is 0 Å². The molecule has 0 atom stereocenters. The van der Waals surface area contributed by atoms with Crippen molar-refractivity contribution in [2.45, 2.75) is 33.6 Å². The number of aryl methyl sites for hydroxylation is 2. The second-order valence-corrected chi connectivity index (χ2v) is 9.33. The van der Waals surface area contributed by atoms with E-state index in [0.29, 0.717) is 5.92 Å². The van der Waals surface area contributed by atoms with Crippen LogP contribution in [0.25, 0.3) is 44.5 Å². The topological polar surface area (TPSA) is 38.9 Å². The Morgan fingerprint density at radius 3 is 2.19 bits per heavy atom. The van der Waals surface area contributed by atoms with Crippen LogP contribution in [0.4, 0.5) is 0 Å². The van der Waals surface area contributed by atoms with E-state index in [0.717, 1.165) is 50.0 Å². The van der Waals surface area contributed by atoms with Crippen LogP contribution >= 0.6 is 0 Å². The number of rotatable bonds is 3. The molecule has 0 unspecified atom stereocenters. The summed E-state index contributed by atoms with van der Waals surface area (Å²) in [4.78, 5) is 8.96. The van der Waals surface area contributed by atoms with E-state index < -0.39 is 0 Å². The van der Waals surface area contributed by atoms with Crippen LogP contribution in [0.1, 0.15) is 36.5 Å². The molecule has 6 aromatic rings. The summed E-state index contributed by atoms with van der Waals surface area (Å²) in [5, 5.41) is 2.24. The van der Waals surface area contributed by atoms with Gasteiger partial charge in [-0.15, -0.1) is 53.6 Å². The van der Waals surface area contributed by atoms with E-state index in [-0.39, 0.29) is 20.1 Å². The van der Waals surface area contributed by atoms with Crippen molar-refractivity contribution in [1.29, 1.82) is 0 Å². The Bertz CT molecular complexity index is 1620. The number of nitrogens with zero attached hydrogens (tertiary/aromatic N) is 2. The van der Waals surface area contributed by atoms with Crippen molar-refractivity contribution in [3.8, 4) is 22.5 Å². The Morgan fingerprint density at radius 1 is 0.730 bits per heavy atom. The summed E-state index contributed by atoms with van der Waals surface area (Å²) in [6, 6.07) is 32.9. The van der Waals surface area contributed by atoms with Gasteiger partial charge >= 0.3 is 0 Å². The van der Waals surface area contributed by atoms with Gasteiger partial charge in [0, 0.05) is 37.9 Å². The zero-order valence-corrected chi connectivity index (χ0v) is 23.8. The summed E-state index contributed by atoms with van der Waals surface area (Å²) >= 11 is 0. The molecule has 0 aliphatic rings. The van der Waals surface area contributed by atoms with E-state index in [2.05, 4.69) is 73.2 Å². The first-order valence-corrected chi connectivity index (χ1v) is 12.2. The van der Waals surface area contributed by atoms with Crippen molar-refractivity contribution in [3.63, 3.8) is 0 Å². The van der Waals surface area contributed by atoms with Crippen LogP contribution < -0.4 is 0 Å². The monoisotopic (exact) mass is 661 g/mol. The minimum Gasteiger partial charge on any atom is -0.501 e. The van der Waals surface area contributed by atoms with Crippen LogP contribution in [0.3, 0.4) is 0 Å². The van der Waals surface area contributed by atoms with E-state index >= 15 is 0 Å². The van der Waals surface area contributed by atoms with E-state index in [1.807, 2.05) is 67.8 Å². The molecule has 0 aliphatic carbocycles. The SMILES string of the molecule is Cc1cc[c-]c(-c2ccc(C(C)C)cn2)c1.Cc1ccc(-c2[c-]ccc3c2oc2ccccc23)nc1.[Ir]. The number of para-hydroxylation sites is 1. The second-order valence-electron chi connectivity index (χ2n) is 9.33. The standard InChI is InChI=1S/C18H12NO.C15H16N.Ir/c1-12-9-10-16(19-11-12)15-7-4-6-14-13-5-2-3-8-17(13)20-18(14)15;1-11(2)14-7-8-15(16-10-14)13-6-4-5-12(3)9-13;/h2-6,8-11H,1H3;4-5,7-11H,1-3H3;/q2*-1;. The summed E-state index contributed by atoms with van der Waals surface area (Å²) in [6.45, 7) is 8.47. The van der Waals surface area contributed by atoms with Crippen LogP contribution in [0, 0.1) is 26.0 Å². The third-order valence-corrected chi connectivity index (χ3v) is 6.19. The second kappa shape index (κ2) is 11.6. The first-order chi connectivity index (χ1) is 17.5. The molecule has 3 aromatic heterocycles. The zero-order chi connectivity index (χ0) is 25.1. The number of hydrogen-bond donors (Lipinski definition) is 0. The van der Waals surface area contributed by atoms with Crippen molar-refractivity contribution >= 4 is 21.9 Å². The van der Waals surface area contributed by atoms with Crippen molar-refractivity contribution in [3.05, 3.63) is 120 Å². The zero-order valence-electron chi connectivity index (χ0n) is 21.4. The van der Waals surface area contributed by atoms with Crippen LogP contribution in [-0.4, -0.2) is 9.97 Å². The van der Waals surface area contributed by atoms with Gasteiger partial charge in [0.15, 0.2) is 0 Å². The fourth-order valence-corrected chi connectivity index (χ4v) is 4.13. The van der Waals surface area contributed by atoms with E-state index in [1.165, 1.54) is 11.1 Å². The molecule has 0 N–H and O–H groups in total. The predicted octanol–water partition coefficient (Wildman–Crippen LogP) is 8.73. The molecular formula is C33H28IrN2O-2. The minimum atomic E-state index is 0. The molecule has 4 heteroatoms. The van der Waals surface area contributed by atoms with E-state index in [1.54, 1.807) is 0 Å². The molecule has 0 spiro atoms. The van der Waals surface area contributed by atoms with Gasteiger partial charge in [0.2, 0.25) is 0 Å². The molecule has 0 amide bonds. The summed E-state index contributed by atoms with van der Waals surface area (Å²) in [5.74, 6) is 0.531. The van der Waals surface area contributed by atoms with Crippen LogP contribution in [0.15, 0.2) is 95.7 Å². The number of fused-ring (bicyclic) bond motifs is 3. The van der Waals surface area contributed by atoms with Crippen LogP contribution in [-0.2, 0) is 20.1 Å². The maximum absolute atomic E-state index is 6.00. The van der Waals surface area contributed by atoms with E-state index in [9.17, 15) is 0 Å². The maximum atomic E-state index is 6.00. The molecule has 0 saturated heterocycles. The number of pyridine rings is 2. The van der Waals surface area contributed by atoms with Crippen molar-refractivity contribution < 1.29 is 24.5 Å². The van der Waals surface area contributed by atoms with Crippen molar-refractivity contribution in [1.82, 2.24) is 9.97 Å². The summed E-state index contributed by atoms with van der Waals surface area (Å²) < 4.78 is 6.00. The molecule has 0 fully saturated rings. The average Bonchev–Trinajstić information content (AvgIpc) is 3.29. The van der Waals surface area contributed by atoms with Gasteiger partial charge in [0.05, 0.1) is 5.58 Å². The Morgan fingerprint density at radius 2 is 1.49 bits per heavy atom. The first kappa shape index (κ1) is 26.5. The molecule has 3 nitrogen and oxygen atoms in total. The molecule has 0 saturated carbocycles. The molecular weight excluding hydrogens is 633 g/mol. The number of hydrogen-bond acceptors (Lipinski definition) is 3. The van der Waals surface area contributed by atoms with Gasteiger partial charge in [0.25, 0.3) is 0 Å². The number of benzene rings is 3. The summed E-state index contributed by atoms with van der Waals surface area (Å²) in [5.41, 5.74) is 9.27. The molecule has 37 heavy (non-hydrogen) atoms. The Balaban J connectivity index is 0.000000173. The average molecular weight is 661 g/mol. The van der Waals surface area contributed by atoms with Gasteiger partial charge < -0.3 is 14.4 Å². The normalized spacial score (nSPS) is 10.7. The van der Waals surface area contributed by atoms with Gasteiger partial charge in [-0.1, -0.05) is 74.2 Å². The Hall–Kier alpha value is -3.59. The van der Waals surface area contributed by atoms with Crippen LogP contribution in [0.5, 0.6) is 0 Å². The Kier molecular flexibility index (Phi) is 8.33. The van der Waals surface area contributed by atoms with Gasteiger partial charge in [0.1, 0.15) is 5.58 Å². The number of aromatic nitrogens is 2. The summed E-state index contributed by atoms with van der Waals surface area (Å²) in [6.07, 6.45) is 3.82. The number of furan rings is 1. The Labute approximate surface area is 232 Å². The fourth-order valence-electron chi connectivity index (χ4n) is 4.13. The third-order valence-electron chi connectivity index (χ3n) is 6.19. The van der Waals surface area contributed by atoms with Crippen molar-refractivity contribution in [2.75, 3.05) is 0 Å². The largest absolute Gasteiger partial charge is 0.501 e. The van der Waals surface area contributed by atoms with Crippen LogP contribution in [0.2, 0.25) is 0 Å². The fraction of sp³-hybridized carbons (Fsp3) is 0.152. The molecule has 0 bridgehead atoms. The maximum Gasteiger partial charge on any atom is 0.120 e. The summed E-state index contributed by atoms with van der Waals surface area (Å²) in [7, 11) is 0. The molecule has 187 valence electrons. The molecule has 3 aromatic carbocycles. The molecule has 6 rings (SSSR count). The third kappa shape index (κ3) is 5.88. The molecule has 0 aliphatic heterocycles. The van der Waals surface area contributed by atoms with E-state index in [4.69, 9.17) is 4.42 Å². The van der Waals surface area contributed by atoms with Crippen molar-refractivity contribution in [2.24, 2.45) is 0 Å². The van der Waals surface area contributed by atoms with Gasteiger partial charge in [-0.3, -0.25) is 0 Å². The van der Waals surface area contributed by atoms with Gasteiger partial charge in [-0.2, -0.15) is 0 Å². The quantitative estimate of drug-likeness (QED) is 0.178. The smallest absolute Gasteiger partial charge is 0.120 e. The molecule has 1 radical (unpaired) electrons. The first-order valence-electron chi connectivity index (χ1n) is 12.2.